The number of amides is 1. The van der Waals surface area contributed by atoms with Crippen LogP contribution < -0.4 is 10.1 Å². The van der Waals surface area contributed by atoms with E-state index in [1.807, 2.05) is 41.4 Å². The third-order valence-electron chi connectivity index (χ3n) is 4.96. The largest absolute Gasteiger partial charge is 0.489 e. The number of anilines is 1. The second kappa shape index (κ2) is 9.18. The van der Waals surface area contributed by atoms with E-state index >= 15 is 0 Å². The summed E-state index contributed by atoms with van der Waals surface area (Å²) in [7, 11) is 0. The summed E-state index contributed by atoms with van der Waals surface area (Å²) >= 11 is 1.41. The smallest absolute Gasteiger partial charge is 0.265 e. The molecule has 0 aliphatic rings. The number of thiophene rings is 1. The van der Waals surface area contributed by atoms with Crippen molar-refractivity contribution in [2.24, 2.45) is 0 Å². The van der Waals surface area contributed by atoms with Crippen LogP contribution >= 0.6 is 11.3 Å². The van der Waals surface area contributed by atoms with Crippen LogP contribution in [0, 0.1) is 20.8 Å². The number of nitrogens with one attached hydrogen (secondary N) is 1. The van der Waals surface area contributed by atoms with E-state index in [0.29, 0.717) is 23.7 Å². The molecule has 5 nitrogen and oxygen atoms in total. The molecular weight excluding hydrogens is 406 g/mol. The Labute approximate surface area is 186 Å². The highest BCUT2D eigenvalue weighted by atomic mass is 32.1. The van der Waals surface area contributed by atoms with Gasteiger partial charge in [-0.1, -0.05) is 47.5 Å². The SMILES string of the molecule is Cc1ccc(Cn2cc(NC(=O)c3cc(COc4ccc(C)cc4C)cs3)cn2)cc1. The van der Waals surface area contributed by atoms with Gasteiger partial charge in [0.05, 0.1) is 23.3 Å². The topological polar surface area (TPSA) is 56.2 Å². The molecule has 31 heavy (non-hydrogen) atoms. The van der Waals surface area contributed by atoms with Crippen molar-refractivity contribution in [3.8, 4) is 5.75 Å². The summed E-state index contributed by atoms with van der Waals surface area (Å²) in [4.78, 5) is 13.3. The van der Waals surface area contributed by atoms with E-state index in [4.69, 9.17) is 4.74 Å². The van der Waals surface area contributed by atoms with E-state index in [9.17, 15) is 4.79 Å². The normalized spacial score (nSPS) is 10.8. The van der Waals surface area contributed by atoms with Gasteiger partial charge in [-0.15, -0.1) is 11.3 Å². The number of hydrogen-bond acceptors (Lipinski definition) is 4. The fourth-order valence-electron chi connectivity index (χ4n) is 3.28. The highest BCUT2D eigenvalue weighted by Gasteiger charge is 2.12. The molecule has 4 rings (SSSR count). The average Bonchev–Trinajstić information content (AvgIpc) is 3.39. The van der Waals surface area contributed by atoms with Crippen molar-refractivity contribution >= 4 is 22.9 Å². The van der Waals surface area contributed by atoms with Crippen LogP contribution in [0.15, 0.2) is 66.3 Å². The third kappa shape index (κ3) is 5.41. The van der Waals surface area contributed by atoms with Crippen LogP contribution in [0.25, 0.3) is 0 Å². The second-order valence-corrected chi connectivity index (χ2v) is 8.65. The molecule has 0 radical (unpaired) electrons. The maximum absolute atomic E-state index is 12.6. The lowest BCUT2D eigenvalue weighted by molar-refractivity contribution is 0.103. The van der Waals surface area contributed by atoms with Crippen LogP contribution in [0.3, 0.4) is 0 Å². The summed E-state index contributed by atoms with van der Waals surface area (Å²) < 4.78 is 7.74. The number of nitrogens with zero attached hydrogens (tertiary/aromatic N) is 2. The molecule has 4 aromatic rings. The van der Waals surface area contributed by atoms with Crippen molar-refractivity contribution in [2.75, 3.05) is 5.32 Å². The summed E-state index contributed by atoms with van der Waals surface area (Å²) in [5.41, 5.74) is 6.37. The Morgan fingerprint density at radius 3 is 2.58 bits per heavy atom. The first-order valence-corrected chi connectivity index (χ1v) is 11.0. The molecule has 2 aromatic carbocycles. The molecule has 2 aromatic heterocycles. The van der Waals surface area contributed by atoms with Gasteiger partial charge in [-0.05, 0) is 49.4 Å². The summed E-state index contributed by atoms with van der Waals surface area (Å²) in [5, 5.41) is 9.23. The number of aryl methyl sites for hydroxylation is 3. The van der Waals surface area contributed by atoms with Crippen molar-refractivity contribution < 1.29 is 9.53 Å². The van der Waals surface area contributed by atoms with E-state index in [0.717, 1.165) is 16.9 Å². The van der Waals surface area contributed by atoms with E-state index < -0.39 is 0 Å². The molecule has 158 valence electrons. The number of carbonyl (C=O) groups excluding carboxylic acids is 1. The van der Waals surface area contributed by atoms with Crippen molar-refractivity contribution in [2.45, 2.75) is 33.9 Å². The lowest BCUT2D eigenvalue weighted by atomic mass is 10.1. The standard InChI is InChI=1S/C25H25N3O2S/c1-17-4-7-20(8-5-17)13-28-14-22(12-26-28)27-25(29)24-11-21(16-31-24)15-30-23-9-6-18(2)10-19(23)3/h4-12,14,16H,13,15H2,1-3H3,(H,27,29). The lowest BCUT2D eigenvalue weighted by Gasteiger charge is -2.08. The Kier molecular flexibility index (Phi) is 6.18. The number of carbonyl (C=O) groups is 1. The summed E-state index contributed by atoms with van der Waals surface area (Å²) in [6, 6.07) is 16.3. The Hall–Kier alpha value is -3.38. The molecule has 2 heterocycles. The van der Waals surface area contributed by atoms with Gasteiger partial charge < -0.3 is 10.1 Å². The Morgan fingerprint density at radius 2 is 1.81 bits per heavy atom. The van der Waals surface area contributed by atoms with Crippen LogP contribution in [-0.4, -0.2) is 15.7 Å². The monoisotopic (exact) mass is 431 g/mol. The van der Waals surface area contributed by atoms with Gasteiger partial charge in [0.15, 0.2) is 0 Å². The van der Waals surface area contributed by atoms with Gasteiger partial charge in [-0.25, -0.2) is 0 Å². The number of ether oxygens (including phenoxy) is 1. The Balaban J connectivity index is 1.33. The molecule has 0 saturated heterocycles. The highest BCUT2D eigenvalue weighted by molar-refractivity contribution is 7.12. The van der Waals surface area contributed by atoms with E-state index in [-0.39, 0.29) is 5.91 Å². The van der Waals surface area contributed by atoms with Crippen molar-refractivity contribution in [3.05, 3.63) is 99.0 Å². The van der Waals surface area contributed by atoms with E-state index in [2.05, 4.69) is 54.6 Å². The van der Waals surface area contributed by atoms with Crippen LogP contribution in [0.2, 0.25) is 0 Å². The highest BCUT2D eigenvalue weighted by Crippen LogP contribution is 2.22. The first-order valence-electron chi connectivity index (χ1n) is 10.1. The predicted molar refractivity (Wildman–Crippen MR) is 125 cm³/mol. The third-order valence-corrected chi connectivity index (χ3v) is 5.94. The Bertz CT molecular complexity index is 1190. The molecule has 0 bridgehead atoms. The summed E-state index contributed by atoms with van der Waals surface area (Å²) in [5.74, 6) is 0.724. The van der Waals surface area contributed by atoms with E-state index in [1.54, 1.807) is 6.20 Å². The number of aromatic nitrogens is 2. The molecule has 6 heteroatoms. The van der Waals surface area contributed by atoms with Gasteiger partial charge in [0, 0.05) is 11.8 Å². The first-order chi connectivity index (χ1) is 15.0. The summed E-state index contributed by atoms with van der Waals surface area (Å²) in [6.07, 6.45) is 3.51. The molecule has 0 saturated carbocycles. The zero-order chi connectivity index (χ0) is 21.8. The van der Waals surface area contributed by atoms with Gasteiger partial charge in [-0.2, -0.15) is 5.10 Å². The minimum Gasteiger partial charge on any atom is -0.489 e. The van der Waals surface area contributed by atoms with Gasteiger partial charge in [0.25, 0.3) is 5.91 Å². The van der Waals surface area contributed by atoms with Gasteiger partial charge >= 0.3 is 0 Å². The maximum atomic E-state index is 12.6. The quantitative estimate of drug-likeness (QED) is 0.405. The average molecular weight is 432 g/mol. The molecular formula is C25H25N3O2S. The molecule has 0 unspecified atom stereocenters. The molecule has 0 aliphatic heterocycles. The van der Waals surface area contributed by atoms with Crippen LogP contribution in [0.1, 0.15) is 37.5 Å². The van der Waals surface area contributed by atoms with Crippen molar-refractivity contribution in [1.29, 1.82) is 0 Å². The molecule has 0 spiro atoms. The zero-order valence-corrected chi connectivity index (χ0v) is 18.7. The van der Waals surface area contributed by atoms with Crippen LogP contribution in [0.5, 0.6) is 5.75 Å². The second-order valence-electron chi connectivity index (χ2n) is 7.74. The molecule has 1 amide bonds. The number of benzene rings is 2. The first kappa shape index (κ1) is 20.9. The van der Waals surface area contributed by atoms with Crippen LogP contribution in [-0.2, 0) is 13.2 Å². The Morgan fingerprint density at radius 1 is 1.03 bits per heavy atom. The fraction of sp³-hybridized carbons (Fsp3) is 0.200. The van der Waals surface area contributed by atoms with Crippen molar-refractivity contribution in [3.63, 3.8) is 0 Å². The molecule has 1 N–H and O–H groups in total. The van der Waals surface area contributed by atoms with Gasteiger partial charge in [0.1, 0.15) is 12.4 Å². The number of hydrogen-bond donors (Lipinski definition) is 1. The molecule has 0 aliphatic carbocycles. The van der Waals surface area contributed by atoms with Gasteiger partial charge in [0.2, 0.25) is 0 Å². The molecule has 0 fully saturated rings. The predicted octanol–water partition coefficient (Wildman–Crippen LogP) is 5.75. The molecule has 0 atom stereocenters. The maximum Gasteiger partial charge on any atom is 0.265 e. The lowest BCUT2D eigenvalue weighted by Crippen LogP contribution is -2.09. The zero-order valence-electron chi connectivity index (χ0n) is 17.9. The number of rotatable bonds is 7. The van der Waals surface area contributed by atoms with E-state index in [1.165, 1.54) is 28.0 Å². The summed E-state index contributed by atoms with van der Waals surface area (Å²) in [6.45, 7) is 7.26. The minimum atomic E-state index is -0.141. The minimum absolute atomic E-state index is 0.141. The van der Waals surface area contributed by atoms with Crippen LogP contribution in [0.4, 0.5) is 5.69 Å². The van der Waals surface area contributed by atoms with Gasteiger partial charge in [-0.3, -0.25) is 9.48 Å². The fourth-order valence-corrected chi connectivity index (χ4v) is 4.07. The van der Waals surface area contributed by atoms with Crippen molar-refractivity contribution in [1.82, 2.24) is 9.78 Å².